The summed E-state index contributed by atoms with van der Waals surface area (Å²) in [4.78, 5) is 3.61. The molecule has 2 aromatic carbocycles. The molecule has 1 aromatic heterocycles. The molecule has 0 aliphatic carbocycles. The van der Waals surface area contributed by atoms with Gasteiger partial charge in [0.15, 0.2) is 0 Å². The fourth-order valence-corrected chi connectivity index (χ4v) is 5.24. The highest BCUT2D eigenvalue weighted by Crippen LogP contribution is 2.47. The minimum atomic E-state index is -0.221. The monoisotopic (exact) mass is 417 g/mol. The summed E-state index contributed by atoms with van der Waals surface area (Å²) in [5.41, 5.74) is 4.72. The van der Waals surface area contributed by atoms with Gasteiger partial charge in [-0.15, -0.1) is 11.3 Å². The first-order chi connectivity index (χ1) is 14.9. The Balaban J connectivity index is 1.34. The predicted octanol–water partition coefficient (Wildman–Crippen LogP) is 4.83. The molecular formula is C24H23N3O2S. The van der Waals surface area contributed by atoms with Crippen molar-refractivity contribution >= 4 is 22.7 Å². The second-order valence-corrected chi connectivity index (χ2v) is 8.77. The van der Waals surface area contributed by atoms with Crippen molar-refractivity contribution in [1.29, 1.82) is 0 Å². The summed E-state index contributed by atoms with van der Waals surface area (Å²) in [5, 5.41) is 9.30. The highest BCUT2D eigenvalue weighted by atomic mass is 32.1. The SMILES string of the molecule is c1csc(C2=NN3C(C2)c2ccccc2OC3c2ccc(N3CCOCC3)cc2)c1. The van der Waals surface area contributed by atoms with Gasteiger partial charge in [0.2, 0.25) is 6.23 Å². The normalized spacial score (nSPS) is 22.9. The van der Waals surface area contributed by atoms with Crippen molar-refractivity contribution in [3.63, 3.8) is 0 Å². The van der Waals surface area contributed by atoms with Crippen molar-refractivity contribution in [1.82, 2.24) is 5.01 Å². The summed E-state index contributed by atoms with van der Waals surface area (Å²) in [5.74, 6) is 0.962. The standard InChI is InChI=1S/C24H23N3O2S/c1-2-5-22-19(4-1)21-16-20(23-6-3-15-30-23)25-27(21)24(29-22)17-7-9-18(10-8-17)26-11-13-28-14-12-26/h1-10,15,21,24H,11-14,16H2. The third-order valence-corrected chi connectivity index (χ3v) is 6.98. The van der Waals surface area contributed by atoms with E-state index in [2.05, 4.69) is 69.9 Å². The zero-order valence-corrected chi connectivity index (χ0v) is 17.4. The Bertz CT molecular complexity index is 1060. The van der Waals surface area contributed by atoms with Gasteiger partial charge in [0, 0.05) is 36.3 Å². The molecule has 0 spiro atoms. The Morgan fingerprint density at radius 2 is 1.77 bits per heavy atom. The van der Waals surface area contributed by atoms with Crippen LogP contribution in [-0.4, -0.2) is 37.0 Å². The minimum absolute atomic E-state index is 0.205. The Labute approximate surface area is 180 Å². The van der Waals surface area contributed by atoms with Crippen molar-refractivity contribution < 1.29 is 9.47 Å². The molecule has 5 nitrogen and oxygen atoms in total. The largest absolute Gasteiger partial charge is 0.464 e. The Morgan fingerprint density at radius 1 is 0.933 bits per heavy atom. The number of fused-ring (bicyclic) bond motifs is 3. The van der Waals surface area contributed by atoms with Crippen LogP contribution in [0.3, 0.4) is 0 Å². The molecule has 2 unspecified atom stereocenters. The van der Waals surface area contributed by atoms with E-state index in [1.54, 1.807) is 11.3 Å². The number of anilines is 1. The van der Waals surface area contributed by atoms with Crippen molar-refractivity contribution in [3.8, 4) is 5.75 Å². The number of nitrogens with zero attached hydrogens (tertiary/aromatic N) is 3. The Hall–Kier alpha value is -2.83. The van der Waals surface area contributed by atoms with Crippen LogP contribution in [-0.2, 0) is 4.74 Å². The molecule has 0 radical (unpaired) electrons. The van der Waals surface area contributed by atoms with Crippen molar-refractivity contribution in [3.05, 3.63) is 82.0 Å². The molecule has 0 saturated carbocycles. The van der Waals surface area contributed by atoms with Gasteiger partial charge in [-0.1, -0.05) is 36.4 Å². The van der Waals surface area contributed by atoms with Crippen LogP contribution in [0.15, 0.2) is 71.1 Å². The summed E-state index contributed by atoms with van der Waals surface area (Å²) in [7, 11) is 0. The molecule has 3 aliphatic rings. The maximum Gasteiger partial charge on any atom is 0.213 e. The van der Waals surface area contributed by atoms with Crippen LogP contribution in [0.25, 0.3) is 0 Å². The third-order valence-electron chi connectivity index (χ3n) is 6.06. The van der Waals surface area contributed by atoms with Gasteiger partial charge >= 0.3 is 0 Å². The molecule has 152 valence electrons. The first kappa shape index (κ1) is 18.0. The van der Waals surface area contributed by atoms with Crippen LogP contribution in [0.5, 0.6) is 5.75 Å². The molecular weight excluding hydrogens is 394 g/mol. The fourth-order valence-electron chi connectivity index (χ4n) is 4.52. The van der Waals surface area contributed by atoms with Crippen LogP contribution < -0.4 is 9.64 Å². The lowest BCUT2D eigenvalue weighted by atomic mass is 9.97. The number of ether oxygens (including phenoxy) is 2. The quantitative estimate of drug-likeness (QED) is 0.612. The lowest BCUT2D eigenvalue weighted by molar-refractivity contribution is -0.0190. The number of rotatable bonds is 3. The highest BCUT2D eigenvalue weighted by molar-refractivity contribution is 7.12. The van der Waals surface area contributed by atoms with E-state index in [1.165, 1.54) is 16.1 Å². The van der Waals surface area contributed by atoms with E-state index in [0.717, 1.165) is 49.7 Å². The van der Waals surface area contributed by atoms with E-state index in [-0.39, 0.29) is 12.3 Å². The summed E-state index contributed by atoms with van der Waals surface area (Å²) >= 11 is 1.75. The molecule has 3 aliphatic heterocycles. The number of hydrazone groups is 1. The van der Waals surface area contributed by atoms with Crippen molar-refractivity contribution in [2.75, 3.05) is 31.2 Å². The summed E-state index contributed by atoms with van der Waals surface area (Å²) < 4.78 is 12.0. The van der Waals surface area contributed by atoms with Crippen LogP contribution in [0.2, 0.25) is 0 Å². The second-order valence-electron chi connectivity index (χ2n) is 7.82. The first-order valence-corrected chi connectivity index (χ1v) is 11.3. The molecule has 4 heterocycles. The topological polar surface area (TPSA) is 37.3 Å². The first-order valence-electron chi connectivity index (χ1n) is 10.4. The van der Waals surface area contributed by atoms with E-state index in [9.17, 15) is 0 Å². The molecule has 3 aromatic rings. The van der Waals surface area contributed by atoms with Crippen LogP contribution in [0.4, 0.5) is 5.69 Å². The smallest absolute Gasteiger partial charge is 0.213 e. The molecule has 30 heavy (non-hydrogen) atoms. The van der Waals surface area contributed by atoms with Gasteiger partial charge < -0.3 is 14.4 Å². The van der Waals surface area contributed by atoms with E-state index < -0.39 is 0 Å². The average Bonchev–Trinajstić information content (AvgIpc) is 3.49. The molecule has 0 bridgehead atoms. The maximum absolute atomic E-state index is 6.47. The summed E-state index contributed by atoms with van der Waals surface area (Å²) in [6.45, 7) is 3.46. The summed E-state index contributed by atoms with van der Waals surface area (Å²) in [6, 6.07) is 21.6. The molecule has 0 amide bonds. The van der Waals surface area contributed by atoms with Crippen molar-refractivity contribution in [2.24, 2.45) is 5.10 Å². The molecule has 2 atom stereocenters. The molecule has 1 fully saturated rings. The number of hydrogen-bond donors (Lipinski definition) is 0. The maximum atomic E-state index is 6.47. The fraction of sp³-hybridized carbons (Fsp3) is 0.292. The molecule has 1 saturated heterocycles. The van der Waals surface area contributed by atoms with Crippen LogP contribution in [0, 0.1) is 0 Å². The zero-order chi connectivity index (χ0) is 19.9. The number of morpholine rings is 1. The highest BCUT2D eigenvalue weighted by Gasteiger charge is 2.41. The van der Waals surface area contributed by atoms with Gasteiger partial charge in [0.05, 0.1) is 29.8 Å². The van der Waals surface area contributed by atoms with Gasteiger partial charge in [0.25, 0.3) is 0 Å². The van der Waals surface area contributed by atoms with E-state index in [4.69, 9.17) is 14.6 Å². The van der Waals surface area contributed by atoms with Crippen molar-refractivity contribution in [2.45, 2.75) is 18.7 Å². The molecule has 6 rings (SSSR count). The zero-order valence-electron chi connectivity index (χ0n) is 16.6. The Morgan fingerprint density at radius 3 is 2.57 bits per heavy atom. The van der Waals surface area contributed by atoms with Gasteiger partial charge in [-0.2, -0.15) is 5.10 Å². The van der Waals surface area contributed by atoms with E-state index >= 15 is 0 Å². The van der Waals surface area contributed by atoms with E-state index in [0.29, 0.717) is 0 Å². The van der Waals surface area contributed by atoms with Gasteiger partial charge in [-0.25, -0.2) is 5.01 Å². The lowest BCUT2D eigenvalue weighted by Crippen LogP contribution is -2.36. The number of benzene rings is 2. The summed E-state index contributed by atoms with van der Waals surface area (Å²) in [6.07, 6.45) is 0.685. The van der Waals surface area contributed by atoms with Gasteiger partial charge in [0.1, 0.15) is 5.75 Å². The minimum Gasteiger partial charge on any atom is -0.464 e. The predicted molar refractivity (Wildman–Crippen MR) is 119 cm³/mol. The van der Waals surface area contributed by atoms with Gasteiger partial charge in [-0.3, -0.25) is 0 Å². The number of hydrogen-bond acceptors (Lipinski definition) is 6. The van der Waals surface area contributed by atoms with Gasteiger partial charge in [-0.05, 0) is 29.6 Å². The third kappa shape index (κ3) is 3.07. The van der Waals surface area contributed by atoms with Crippen LogP contribution >= 0.6 is 11.3 Å². The van der Waals surface area contributed by atoms with E-state index in [1.807, 2.05) is 6.07 Å². The molecule has 0 N–H and O–H groups in total. The Kier molecular flexibility index (Phi) is 4.47. The average molecular weight is 418 g/mol. The number of para-hydroxylation sites is 1. The number of thiophene rings is 1. The second kappa shape index (κ2) is 7.45. The molecule has 6 heteroatoms. The lowest BCUT2D eigenvalue weighted by Gasteiger charge is -2.38. The van der Waals surface area contributed by atoms with Crippen LogP contribution in [0.1, 0.15) is 34.7 Å².